The molecule has 1 aromatic rings. The largest absolute Gasteiger partial charge is 0.480 e. The van der Waals surface area contributed by atoms with Crippen molar-refractivity contribution in [3.05, 3.63) is 35.9 Å². The molecule has 40 heavy (non-hydrogen) atoms. The van der Waals surface area contributed by atoms with Crippen LogP contribution < -0.4 is 32.7 Å². The van der Waals surface area contributed by atoms with Crippen LogP contribution in [0.15, 0.2) is 30.3 Å². The van der Waals surface area contributed by atoms with Gasteiger partial charge in [0.1, 0.15) is 24.7 Å². The molecule has 0 aliphatic carbocycles. The van der Waals surface area contributed by atoms with Crippen molar-refractivity contribution in [3.63, 3.8) is 0 Å². The van der Waals surface area contributed by atoms with Crippen molar-refractivity contribution in [1.29, 1.82) is 0 Å². The van der Waals surface area contributed by atoms with E-state index in [1.807, 2.05) is 37.3 Å². The normalized spacial score (nSPS) is 13.7. The van der Waals surface area contributed by atoms with Gasteiger partial charge in [0, 0.05) is 6.54 Å². The van der Waals surface area contributed by atoms with Crippen LogP contribution in [0.3, 0.4) is 0 Å². The van der Waals surface area contributed by atoms with Gasteiger partial charge in [-0.2, -0.15) is 0 Å². The Labute approximate surface area is 235 Å². The number of unbranched alkanes of at least 4 members (excludes halogenated alkanes) is 2. The second-order valence-corrected chi connectivity index (χ2v) is 9.60. The third-order valence-corrected chi connectivity index (χ3v) is 6.39. The maximum absolute atomic E-state index is 13.1. The van der Waals surface area contributed by atoms with E-state index < -0.39 is 48.0 Å². The number of hydrogen-bond donors (Lipinski definition) is 7. The lowest BCUT2D eigenvalue weighted by atomic mass is 9.98. The number of carbonyl (C=O) groups is 5. The second-order valence-electron chi connectivity index (χ2n) is 9.60. The maximum Gasteiger partial charge on any atom is 0.407 e. The van der Waals surface area contributed by atoms with Crippen LogP contribution in [-0.2, 0) is 25.7 Å². The van der Waals surface area contributed by atoms with Gasteiger partial charge in [-0.25, -0.2) is 14.4 Å². The number of benzene rings is 1. The molecular formula is C27H44N6O7. The first kappa shape index (κ1) is 34.2. The Bertz CT molecular complexity index is 947. The summed E-state index contributed by atoms with van der Waals surface area (Å²) in [5.41, 5.74) is 11.8. The number of aliphatic carboxylic acids is 1. The summed E-state index contributed by atoms with van der Waals surface area (Å²) in [6.45, 7) is 4.43. The van der Waals surface area contributed by atoms with Crippen LogP contribution in [-0.4, -0.2) is 66.2 Å². The van der Waals surface area contributed by atoms with E-state index in [2.05, 4.69) is 21.3 Å². The summed E-state index contributed by atoms with van der Waals surface area (Å²) in [4.78, 5) is 61.1. The fraction of sp³-hybridized carbons (Fsp3) is 0.593. The second kappa shape index (κ2) is 19.2. The predicted octanol–water partition coefficient (Wildman–Crippen LogP) is 1.35. The number of alkyl carbamates (subject to hydrolysis) is 1. The number of nitrogens with one attached hydrogen (secondary N) is 4. The third kappa shape index (κ3) is 13.8. The lowest BCUT2D eigenvalue weighted by Crippen LogP contribution is -2.57. The van der Waals surface area contributed by atoms with Gasteiger partial charge in [0.15, 0.2) is 0 Å². The molecule has 0 spiro atoms. The monoisotopic (exact) mass is 564 g/mol. The first-order chi connectivity index (χ1) is 19.1. The highest BCUT2D eigenvalue weighted by Crippen LogP contribution is 2.10. The number of amides is 5. The zero-order valence-corrected chi connectivity index (χ0v) is 23.3. The summed E-state index contributed by atoms with van der Waals surface area (Å²) in [6.07, 6.45) is 2.35. The minimum atomic E-state index is -1.20. The lowest BCUT2D eigenvalue weighted by Gasteiger charge is -2.25. The Hall–Kier alpha value is -3.87. The minimum absolute atomic E-state index is 0.134. The number of urea groups is 1. The van der Waals surface area contributed by atoms with Crippen molar-refractivity contribution in [3.8, 4) is 0 Å². The Morgan fingerprint density at radius 2 is 1.55 bits per heavy atom. The number of nitrogens with two attached hydrogens (primary N) is 2. The molecular weight excluding hydrogens is 520 g/mol. The van der Waals surface area contributed by atoms with Crippen molar-refractivity contribution in [2.45, 2.75) is 83.5 Å². The van der Waals surface area contributed by atoms with E-state index in [0.717, 1.165) is 5.56 Å². The van der Waals surface area contributed by atoms with Gasteiger partial charge in [0.2, 0.25) is 11.8 Å². The molecule has 1 aromatic carbocycles. The summed E-state index contributed by atoms with van der Waals surface area (Å²) in [7, 11) is 0. The van der Waals surface area contributed by atoms with E-state index >= 15 is 0 Å². The molecule has 5 amide bonds. The van der Waals surface area contributed by atoms with Crippen LogP contribution in [0.2, 0.25) is 0 Å². The molecule has 0 aliphatic heterocycles. The first-order valence-electron chi connectivity index (χ1n) is 13.6. The molecule has 0 heterocycles. The average Bonchev–Trinajstić information content (AvgIpc) is 2.93. The topological polar surface area (TPSA) is 215 Å². The Balaban J connectivity index is 2.70. The van der Waals surface area contributed by atoms with E-state index in [-0.39, 0.29) is 31.9 Å². The van der Waals surface area contributed by atoms with Gasteiger partial charge in [-0.3, -0.25) is 9.59 Å². The van der Waals surface area contributed by atoms with Crippen molar-refractivity contribution >= 4 is 29.9 Å². The van der Waals surface area contributed by atoms with E-state index in [4.69, 9.17) is 16.2 Å². The lowest BCUT2D eigenvalue weighted by molar-refractivity contribution is -0.139. The number of carboxylic acids is 1. The number of carbonyl (C=O) groups excluding carboxylic acids is 4. The molecule has 0 fully saturated rings. The van der Waals surface area contributed by atoms with Crippen LogP contribution >= 0.6 is 0 Å². The highest BCUT2D eigenvalue weighted by Gasteiger charge is 2.29. The van der Waals surface area contributed by atoms with E-state index in [1.54, 1.807) is 6.92 Å². The van der Waals surface area contributed by atoms with Crippen LogP contribution in [0, 0.1) is 5.92 Å². The molecule has 1 unspecified atom stereocenters. The number of primary amides is 1. The number of hydrogen-bond acceptors (Lipinski definition) is 7. The van der Waals surface area contributed by atoms with Gasteiger partial charge in [-0.15, -0.1) is 0 Å². The molecule has 13 heteroatoms. The standard InChI is InChI=1S/C27H44N6O7/c1-3-18(2)22(23(29)34)33-24(35)20(31-26(38)32-21(25(36)37)14-7-9-15-28)13-8-10-16-30-27(39)40-17-19-11-5-4-6-12-19/h4-6,11-12,18,20-22H,3,7-10,13-17,28H2,1-2H3,(H2,29,34)(H,30,39)(H,33,35)(H,36,37)(H2,31,32,38)/t18-,20-,21+,22?/m1/s1. The van der Waals surface area contributed by atoms with Crippen molar-refractivity contribution in [1.82, 2.24) is 21.3 Å². The van der Waals surface area contributed by atoms with Crippen molar-refractivity contribution in [2.24, 2.45) is 17.4 Å². The highest BCUT2D eigenvalue weighted by molar-refractivity contribution is 5.92. The first-order valence-corrected chi connectivity index (χ1v) is 13.6. The fourth-order valence-corrected chi connectivity index (χ4v) is 3.80. The van der Waals surface area contributed by atoms with Crippen LogP contribution in [0.25, 0.3) is 0 Å². The molecule has 9 N–H and O–H groups in total. The predicted molar refractivity (Wildman–Crippen MR) is 149 cm³/mol. The highest BCUT2D eigenvalue weighted by atomic mass is 16.5. The molecule has 13 nitrogen and oxygen atoms in total. The molecule has 0 aliphatic rings. The molecule has 0 radical (unpaired) electrons. The van der Waals surface area contributed by atoms with Gasteiger partial charge in [0.25, 0.3) is 0 Å². The fourth-order valence-electron chi connectivity index (χ4n) is 3.80. The van der Waals surface area contributed by atoms with Gasteiger partial charge >= 0.3 is 18.1 Å². The molecule has 0 saturated carbocycles. The summed E-state index contributed by atoms with van der Waals surface area (Å²) in [6, 6.07) is 5.23. The molecule has 0 saturated heterocycles. The molecule has 0 bridgehead atoms. The Morgan fingerprint density at radius 1 is 0.925 bits per heavy atom. The molecule has 1 rings (SSSR count). The molecule has 0 aromatic heterocycles. The zero-order valence-electron chi connectivity index (χ0n) is 23.3. The summed E-state index contributed by atoms with van der Waals surface area (Å²) < 4.78 is 5.16. The van der Waals surface area contributed by atoms with E-state index in [1.165, 1.54) is 0 Å². The average molecular weight is 565 g/mol. The Kier molecular flexibility index (Phi) is 16.4. The maximum atomic E-state index is 13.1. The van der Waals surface area contributed by atoms with E-state index in [0.29, 0.717) is 38.6 Å². The summed E-state index contributed by atoms with van der Waals surface area (Å²) >= 11 is 0. The van der Waals surface area contributed by atoms with Gasteiger partial charge in [-0.1, -0.05) is 50.6 Å². The zero-order chi connectivity index (χ0) is 29.9. The molecule has 4 atom stereocenters. The Morgan fingerprint density at radius 3 is 2.15 bits per heavy atom. The third-order valence-electron chi connectivity index (χ3n) is 6.39. The van der Waals surface area contributed by atoms with Crippen molar-refractivity contribution in [2.75, 3.05) is 13.1 Å². The SMILES string of the molecule is CC[C@@H](C)C(NC(=O)[C@@H](CCCCNC(=O)OCc1ccccc1)NC(=O)N[C@@H](CCCCN)C(=O)O)C(N)=O. The van der Waals surface area contributed by atoms with Gasteiger partial charge < -0.3 is 42.6 Å². The van der Waals surface area contributed by atoms with Gasteiger partial charge in [0.05, 0.1) is 0 Å². The summed E-state index contributed by atoms with van der Waals surface area (Å²) in [5.74, 6) is -2.76. The molecule has 224 valence electrons. The van der Waals surface area contributed by atoms with Crippen LogP contribution in [0.4, 0.5) is 9.59 Å². The van der Waals surface area contributed by atoms with Crippen LogP contribution in [0.5, 0.6) is 0 Å². The van der Waals surface area contributed by atoms with Crippen LogP contribution in [0.1, 0.15) is 64.4 Å². The number of rotatable bonds is 19. The smallest absolute Gasteiger partial charge is 0.407 e. The van der Waals surface area contributed by atoms with Crippen molar-refractivity contribution < 1.29 is 33.8 Å². The number of ether oxygens (including phenoxy) is 1. The summed E-state index contributed by atoms with van der Waals surface area (Å²) in [5, 5.41) is 19.6. The quantitative estimate of drug-likeness (QED) is 0.121. The minimum Gasteiger partial charge on any atom is -0.480 e. The number of carboxylic acid groups (broad SMARTS) is 1. The van der Waals surface area contributed by atoms with Gasteiger partial charge in [-0.05, 0) is 56.6 Å². The van der Waals surface area contributed by atoms with E-state index in [9.17, 15) is 29.1 Å².